The standard InChI is InChI=1S/C13H18N2O6S/c1-8(2)7-10(13(16)17)14-22(20,21)12-6-4-5-11(9(12)3)15(18)19/h4-6,8,10,14H,7H2,1-3H3,(H,16,17)/t10-/m1/s1. The molecule has 0 aliphatic rings. The Morgan fingerprint density at radius 3 is 2.45 bits per heavy atom. The van der Waals surface area contributed by atoms with Gasteiger partial charge in [0.05, 0.1) is 9.82 Å². The van der Waals surface area contributed by atoms with Crippen LogP contribution in [0.4, 0.5) is 5.69 Å². The van der Waals surface area contributed by atoms with E-state index in [-0.39, 0.29) is 28.5 Å². The molecule has 1 rings (SSSR count). The number of carbonyl (C=O) groups is 1. The lowest BCUT2D eigenvalue weighted by Crippen LogP contribution is -2.41. The van der Waals surface area contributed by atoms with Gasteiger partial charge in [-0.25, -0.2) is 8.42 Å². The fraction of sp³-hybridized carbons (Fsp3) is 0.462. The maximum Gasteiger partial charge on any atom is 0.321 e. The molecule has 0 aliphatic carbocycles. The molecule has 0 unspecified atom stereocenters. The van der Waals surface area contributed by atoms with E-state index < -0.39 is 27.0 Å². The average molecular weight is 330 g/mol. The van der Waals surface area contributed by atoms with Crippen LogP contribution in [0.1, 0.15) is 25.8 Å². The van der Waals surface area contributed by atoms with Crippen molar-refractivity contribution in [1.29, 1.82) is 0 Å². The molecule has 22 heavy (non-hydrogen) atoms. The molecule has 1 aromatic rings. The molecule has 1 atom stereocenters. The molecule has 0 radical (unpaired) electrons. The predicted octanol–water partition coefficient (Wildman–Crippen LogP) is 1.68. The Morgan fingerprint density at radius 2 is 2.00 bits per heavy atom. The number of nitro groups is 1. The largest absolute Gasteiger partial charge is 0.480 e. The molecule has 0 saturated carbocycles. The van der Waals surface area contributed by atoms with Crippen molar-refractivity contribution in [1.82, 2.24) is 4.72 Å². The molecule has 0 aromatic heterocycles. The Labute approximate surface area is 128 Å². The fourth-order valence-corrected chi connectivity index (χ4v) is 3.48. The second-order valence-corrected chi connectivity index (χ2v) is 6.98. The SMILES string of the molecule is Cc1c([N+](=O)[O-])cccc1S(=O)(=O)N[C@H](CC(C)C)C(=O)O. The summed E-state index contributed by atoms with van der Waals surface area (Å²) in [5, 5.41) is 20.0. The molecular weight excluding hydrogens is 312 g/mol. The highest BCUT2D eigenvalue weighted by molar-refractivity contribution is 7.89. The average Bonchev–Trinajstić information content (AvgIpc) is 2.36. The zero-order valence-electron chi connectivity index (χ0n) is 12.4. The molecule has 0 spiro atoms. The quantitative estimate of drug-likeness (QED) is 0.578. The first-order valence-electron chi connectivity index (χ1n) is 6.55. The fourth-order valence-electron chi connectivity index (χ4n) is 2.01. The lowest BCUT2D eigenvalue weighted by molar-refractivity contribution is -0.385. The van der Waals surface area contributed by atoms with Crippen molar-refractivity contribution >= 4 is 21.7 Å². The molecule has 0 aliphatic heterocycles. The second-order valence-electron chi connectivity index (χ2n) is 5.30. The highest BCUT2D eigenvalue weighted by Gasteiger charge is 2.29. The second kappa shape index (κ2) is 6.84. The molecule has 9 heteroatoms. The van der Waals surface area contributed by atoms with Crippen LogP contribution < -0.4 is 4.72 Å². The van der Waals surface area contributed by atoms with Crippen molar-refractivity contribution in [2.75, 3.05) is 0 Å². The summed E-state index contributed by atoms with van der Waals surface area (Å²) in [4.78, 5) is 21.1. The summed E-state index contributed by atoms with van der Waals surface area (Å²) in [7, 11) is -4.17. The maximum atomic E-state index is 12.3. The van der Waals surface area contributed by atoms with Crippen LogP contribution in [0.25, 0.3) is 0 Å². The van der Waals surface area contributed by atoms with Crippen LogP contribution in [0.2, 0.25) is 0 Å². The Kier molecular flexibility index (Phi) is 5.61. The first kappa shape index (κ1) is 18.1. The van der Waals surface area contributed by atoms with Crippen molar-refractivity contribution in [3.63, 3.8) is 0 Å². The first-order chi connectivity index (χ1) is 10.1. The molecule has 0 saturated heterocycles. The van der Waals surface area contributed by atoms with Gasteiger partial charge in [0, 0.05) is 11.6 Å². The number of carboxylic acid groups (broad SMARTS) is 1. The lowest BCUT2D eigenvalue weighted by Gasteiger charge is -2.17. The zero-order valence-corrected chi connectivity index (χ0v) is 13.3. The highest BCUT2D eigenvalue weighted by Crippen LogP contribution is 2.25. The number of carboxylic acids is 1. The van der Waals surface area contributed by atoms with Gasteiger partial charge in [0.1, 0.15) is 6.04 Å². The molecule has 2 N–H and O–H groups in total. The molecular formula is C13H18N2O6S. The van der Waals surface area contributed by atoms with Crippen LogP contribution in [-0.4, -0.2) is 30.5 Å². The van der Waals surface area contributed by atoms with Crippen molar-refractivity contribution in [2.45, 2.75) is 38.1 Å². The van der Waals surface area contributed by atoms with Crippen molar-refractivity contribution < 1.29 is 23.2 Å². The minimum absolute atomic E-state index is 0.0324. The van der Waals surface area contributed by atoms with E-state index >= 15 is 0 Å². The first-order valence-corrected chi connectivity index (χ1v) is 8.03. The van der Waals surface area contributed by atoms with Crippen LogP contribution in [0.5, 0.6) is 0 Å². The van der Waals surface area contributed by atoms with E-state index in [0.717, 1.165) is 0 Å². The molecule has 0 fully saturated rings. The highest BCUT2D eigenvalue weighted by atomic mass is 32.2. The van der Waals surface area contributed by atoms with E-state index in [0.29, 0.717) is 0 Å². The molecule has 0 bridgehead atoms. The van der Waals surface area contributed by atoms with Gasteiger partial charge in [-0.3, -0.25) is 14.9 Å². The molecule has 122 valence electrons. The Bertz CT molecular complexity index is 684. The van der Waals surface area contributed by atoms with Gasteiger partial charge in [-0.15, -0.1) is 0 Å². The van der Waals surface area contributed by atoms with Crippen LogP contribution in [0.3, 0.4) is 0 Å². The summed E-state index contributed by atoms with van der Waals surface area (Å²) >= 11 is 0. The summed E-state index contributed by atoms with van der Waals surface area (Å²) in [5.74, 6) is -1.32. The number of benzene rings is 1. The van der Waals surface area contributed by atoms with Gasteiger partial charge in [0.25, 0.3) is 5.69 Å². The monoisotopic (exact) mass is 330 g/mol. The number of nitrogens with zero attached hydrogens (tertiary/aromatic N) is 1. The van der Waals surface area contributed by atoms with Gasteiger partial charge < -0.3 is 5.11 Å². The number of aliphatic carboxylic acids is 1. The summed E-state index contributed by atoms with van der Waals surface area (Å²) in [6.45, 7) is 4.84. The Morgan fingerprint density at radius 1 is 1.41 bits per heavy atom. The van der Waals surface area contributed by atoms with Gasteiger partial charge in [-0.2, -0.15) is 4.72 Å². The van der Waals surface area contributed by atoms with Crippen molar-refractivity contribution in [3.8, 4) is 0 Å². The number of hydrogen-bond acceptors (Lipinski definition) is 5. The normalized spacial score (nSPS) is 13.1. The van der Waals surface area contributed by atoms with Crippen LogP contribution in [0, 0.1) is 23.0 Å². The van der Waals surface area contributed by atoms with Crippen LogP contribution in [-0.2, 0) is 14.8 Å². The molecule has 0 amide bonds. The third-order valence-corrected chi connectivity index (χ3v) is 4.66. The van der Waals surface area contributed by atoms with Crippen molar-refractivity contribution in [3.05, 3.63) is 33.9 Å². The topological polar surface area (TPSA) is 127 Å². The minimum Gasteiger partial charge on any atom is -0.480 e. The summed E-state index contributed by atoms with van der Waals surface area (Å²) < 4.78 is 26.8. The molecule has 8 nitrogen and oxygen atoms in total. The van der Waals surface area contributed by atoms with E-state index in [1.54, 1.807) is 13.8 Å². The van der Waals surface area contributed by atoms with Gasteiger partial charge in [0.15, 0.2) is 0 Å². The lowest BCUT2D eigenvalue weighted by atomic mass is 10.1. The number of nitrogens with one attached hydrogen (secondary N) is 1. The third kappa shape index (κ3) is 4.25. The van der Waals surface area contributed by atoms with E-state index in [4.69, 9.17) is 5.11 Å². The third-order valence-electron chi connectivity index (χ3n) is 3.04. The molecule has 1 aromatic carbocycles. The van der Waals surface area contributed by atoms with E-state index in [1.165, 1.54) is 25.1 Å². The zero-order chi connectivity index (χ0) is 17.1. The van der Waals surface area contributed by atoms with E-state index in [9.17, 15) is 23.3 Å². The van der Waals surface area contributed by atoms with Gasteiger partial charge in [-0.1, -0.05) is 19.9 Å². The van der Waals surface area contributed by atoms with Gasteiger partial charge >= 0.3 is 5.97 Å². The number of rotatable bonds is 7. The summed E-state index contributed by atoms with van der Waals surface area (Å²) in [6, 6.07) is 2.36. The van der Waals surface area contributed by atoms with Gasteiger partial charge in [0.2, 0.25) is 10.0 Å². The minimum atomic E-state index is -4.17. The predicted molar refractivity (Wildman–Crippen MR) is 79.0 cm³/mol. The Hall–Kier alpha value is -2.00. The number of sulfonamides is 1. The van der Waals surface area contributed by atoms with E-state index in [1.807, 2.05) is 0 Å². The number of hydrogen-bond donors (Lipinski definition) is 2. The smallest absolute Gasteiger partial charge is 0.321 e. The summed E-state index contributed by atoms with van der Waals surface area (Å²) in [5.41, 5.74) is -0.368. The Balaban J connectivity index is 3.22. The summed E-state index contributed by atoms with van der Waals surface area (Å²) in [6.07, 6.45) is 0.114. The molecule has 0 heterocycles. The number of nitro benzene ring substituents is 1. The van der Waals surface area contributed by atoms with Gasteiger partial charge in [-0.05, 0) is 25.3 Å². The van der Waals surface area contributed by atoms with E-state index in [2.05, 4.69) is 4.72 Å². The van der Waals surface area contributed by atoms with Crippen LogP contribution >= 0.6 is 0 Å². The van der Waals surface area contributed by atoms with Crippen molar-refractivity contribution in [2.24, 2.45) is 5.92 Å². The maximum absolute atomic E-state index is 12.3. The van der Waals surface area contributed by atoms with Crippen LogP contribution in [0.15, 0.2) is 23.1 Å².